The molecule has 1 unspecified atom stereocenters. The number of aromatic carboxylic acids is 1. The summed E-state index contributed by atoms with van der Waals surface area (Å²) in [6.45, 7) is 4.13. The van der Waals surface area contributed by atoms with Crippen molar-refractivity contribution in [1.29, 1.82) is 0 Å². The van der Waals surface area contributed by atoms with Crippen LogP contribution in [0.25, 0.3) is 11.0 Å². The molecule has 4 aromatic rings. The zero-order chi connectivity index (χ0) is 24.5. The molecule has 0 spiro atoms. The largest absolute Gasteiger partial charge is 0.478 e. The fourth-order valence-corrected chi connectivity index (χ4v) is 5.17. The van der Waals surface area contributed by atoms with Gasteiger partial charge in [-0.2, -0.15) is 13.5 Å². The van der Waals surface area contributed by atoms with Crippen molar-refractivity contribution < 1.29 is 19.4 Å². The van der Waals surface area contributed by atoms with Crippen LogP contribution in [0.15, 0.2) is 72.8 Å². The van der Waals surface area contributed by atoms with Crippen molar-refractivity contribution in [2.24, 2.45) is 0 Å². The van der Waals surface area contributed by atoms with Gasteiger partial charge >= 0.3 is 5.97 Å². The number of carboxylic acids is 1. The Kier molecular flexibility index (Phi) is 7.50. The van der Waals surface area contributed by atoms with Gasteiger partial charge in [-0.1, -0.05) is 30.3 Å². The monoisotopic (exact) mass is 517 g/mol. The Balaban J connectivity index is 0.00000280. The van der Waals surface area contributed by atoms with Crippen LogP contribution in [0.2, 0.25) is 0 Å². The number of para-hydroxylation sites is 1. The van der Waals surface area contributed by atoms with Crippen molar-refractivity contribution in [2.75, 3.05) is 19.7 Å². The molecular weight excluding hydrogens is 486 g/mol. The first-order valence-electron chi connectivity index (χ1n) is 12.5. The quantitative estimate of drug-likeness (QED) is 0.336. The molecule has 0 amide bonds. The van der Waals surface area contributed by atoms with Gasteiger partial charge in [-0.05, 0) is 73.3 Å². The van der Waals surface area contributed by atoms with Crippen LogP contribution >= 0.6 is 13.5 Å². The third kappa shape index (κ3) is 5.51. The average molecular weight is 518 g/mol. The Morgan fingerprint density at radius 3 is 2.59 bits per heavy atom. The van der Waals surface area contributed by atoms with Crippen molar-refractivity contribution in [3.05, 3.63) is 89.7 Å². The molecular formula is C29H31N3O4S. The predicted octanol–water partition coefficient (Wildman–Crippen LogP) is 5.42. The number of carbonyl (C=O) groups is 1. The highest BCUT2D eigenvalue weighted by Crippen LogP contribution is 2.32. The van der Waals surface area contributed by atoms with E-state index in [-0.39, 0.29) is 25.2 Å². The van der Waals surface area contributed by atoms with Crippen molar-refractivity contribution in [3.63, 3.8) is 0 Å². The first kappa shape index (κ1) is 25.3. The van der Waals surface area contributed by atoms with Gasteiger partial charge in [-0.3, -0.25) is 4.90 Å². The van der Waals surface area contributed by atoms with Gasteiger partial charge in [0.15, 0.2) is 0 Å². The van der Waals surface area contributed by atoms with Gasteiger partial charge in [0.25, 0.3) is 0 Å². The summed E-state index contributed by atoms with van der Waals surface area (Å²) in [5.41, 5.74) is 3.26. The maximum atomic E-state index is 11.6. The fraction of sp³-hybridized carbons (Fsp3) is 0.310. The number of ether oxygens (including phenoxy) is 2. The molecule has 192 valence electrons. The summed E-state index contributed by atoms with van der Waals surface area (Å²) in [6, 6.07) is 23.4. The van der Waals surface area contributed by atoms with Crippen LogP contribution in [0.1, 0.15) is 40.5 Å². The van der Waals surface area contributed by atoms with E-state index in [1.165, 1.54) is 5.56 Å². The van der Waals surface area contributed by atoms with Crippen LogP contribution in [0, 0.1) is 0 Å². The van der Waals surface area contributed by atoms with E-state index >= 15 is 0 Å². The lowest BCUT2D eigenvalue weighted by Crippen LogP contribution is -2.32. The highest BCUT2D eigenvalue weighted by Gasteiger charge is 2.27. The van der Waals surface area contributed by atoms with E-state index in [4.69, 9.17) is 14.5 Å². The molecule has 3 aromatic carbocycles. The Hall–Kier alpha value is -3.33. The minimum Gasteiger partial charge on any atom is -0.478 e. The van der Waals surface area contributed by atoms with Gasteiger partial charge < -0.3 is 19.1 Å². The molecule has 1 N–H and O–H groups in total. The zero-order valence-corrected chi connectivity index (χ0v) is 21.5. The first-order valence-corrected chi connectivity index (χ1v) is 12.5. The van der Waals surface area contributed by atoms with E-state index in [1.807, 2.05) is 42.5 Å². The van der Waals surface area contributed by atoms with Crippen molar-refractivity contribution in [1.82, 2.24) is 14.5 Å². The number of benzene rings is 3. The van der Waals surface area contributed by atoms with Gasteiger partial charge in [0.1, 0.15) is 17.3 Å². The lowest BCUT2D eigenvalue weighted by Gasteiger charge is -2.28. The third-order valence-corrected chi connectivity index (χ3v) is 7.20. The van der Waals surface area contributed by atoms with E-state index in [9.17, 15) is 9.90 Å². The normalized spacial score (nSPS) is 19.4. The average Bonchev–Trinajstić information content (AvgIpc) is 3.46. The molecule has 3 heterocycles. The number of rotatable bonds is 8. The standard InChI is InChI=1S/C29H29N3O4.H2S/c33-29(34)21-9-10-26-27(16-21)32(18-25-12-14-35-25)28(30-26)19-31-13-11-22(17-31)20-5-4-8-24(15-20)36-23-6-2-1-3-7-23;/h1-10,15-16,22,25H,11-14,17-19H2,(H,33,34);1H2/t22?,25-;/m0./s1. The molecule has 2 fully saturated rings. The minimum absolute atomic E-state index is 0. The zero-order valence-electron chi connectivity index (χ0n) is 20.5. The van der Waals surface area contributed by atoms with Gasteiger partial charge in [0.2, 0.25) is 0 Å². The van der Waals surface area contributed by atoms with E-state index in [0.717, 1.165) is 67.4 Å². The molecule has 0 saturated carbocycles. The second-order valence-corrected chi connectivity index (χ2v) is 9.64. The molecule has 2 aliphatic heterocycles. The predicted molar refractivity (Wildman–Crippen MR) is 147 cm³/mol. The Morgan fingerprint density at radius 1 is 1.03 bits per heavy atom. The summed E-state index contributed by atoms with van der Waals surface area (Å²) in [4.78, 5) is 18.9. The SMILES string of the molecule is O=C(O)c1ccc2nc(CN3CCC(c4cccc(Oc5ccccc5)c4)C3)n(C[C@@H]3CCO3)c2c1.S. The number of aromatic nitrogens is 2. The number of fused-ring (bicyclic) bond motifs is 1. The summed E-state index contributed by atoms with van der Waals surface area (Å²) < 4.78 is 13.9. The molecule has 8 heteroatoms. The van der Waals surface area contributed by atoms with Crippen LogP contribution in [0.5, 0.6) is 11.5 Å². The summed E-state index contributed by atoms with van der Waals surface area (Å²) in [7, 11) is 0. The number of likely N-dealkylation sites (tertiary alicyclic amines) is 1. The number of hydrogen-bond donors (Lipinski definition) is 1. The molecule has 0 bridgehead atoms. The van der Waals surface area contributed by atoms with Crippen LogP contribution in [-0.4, -0.2) is 51.3 Å². The highest BCUT2D eigenvalue weighted by molar-refractivity contribution is 7.59. The van der Waals surface area contributed by atoms with Crippen molar-refractivity contribution in [2.45, 2.75) is 38.0 Å². The lowest BCUT2D eigenvalue weighted by molar-refractivity contribution is -0.0591. The molecule has 0 aliphatic carbocycles. The highest BCUT2D eigenvalue weighted by atomic mass is 32.1. The van der Waals surface area contributed by atoms with E-state index < -0.39 is 5.97 Å². The molecule has 7 nitrogen and oxygen atoms in total. The second kappa shape index (κ2) is 11.0. The molecule has 2 aliphatic rings. The topological polar surface area (TPSA) is 76.8 Å². The molecule has 0 radical (unpaired) electrons. The van der Waals surface area contributed by atoms with E-state index in [1.54, 1.807) is 12.1 Å². The van der Waals surface area contributed by atoms with Crippen molar-refractivity contribution in [3.8, 4) is 11.5 Å². The lowest BCUT2D eigenvalue weighted by atomic mass is 9.98. The Bertz CT molecular complexity index is 1390. The van der Waals surface area contributed by atoms with Gasteiger partial charge in [0.05, 0.1) is 35.8 Å². The number of carboxylic acid groups (broad SMARTS) is 1. The summed E-state index contributed by atoms with van der Waals surface area (Å²) >= 11 is 0. The van der Waals surface area contributed by atoms with Crippen LogP contribution in [0.4, 0.5) is 0 Å². The first-order chi connectivity index (χ1) is 17.6. The van der Waals surface area contributed by atoms with E-state index in [0.29, 0.717) is 12.5 Å². The summed E-state index contributed by atoms with van der Waals surface area (Å²) in [6.07, 6.45) is 2.25. The summed E-state index contributed by atoms with van der Waals surface area (Å²) in [5, 5.41) is 9.48. The maximum absolute atomic E-state index is 11.6. The molecule has 37 heavy (non-hydrogen) atoms. The summed E-state index contributed by atoms with van der Waals surface area (Å²) in [5.74, 6) is 2.16. The second-order valence-electron chi connectivity index (χ2n) is 9.64. The third-order valence-electron chi connectivity index (χ3n) is 7.20. The van der Waals surface area contributed by atoms with Crippen LogP contribution in [-0.2, 0) is 17.8 Å². The molecule has 2 saturated heterocycles. The van der Waals surface area contributed by atoms with Crippen LogP contribution < -0.4 is 4.74 Å². The maximum Gasteiger partial charge on any atom is 0.335 e. The van der Waals surface area contributed by atoms with Gasteiger partial charge in [0, 0.05) is 13.2 Å². The van der Waals surface area contributed by atoms with E-state index in [2.05, 4.69) is 27.7 Å². The number of hydrogen-bond acceptors (Lipinski definition) is 5. The van der Waals surface area contributed by atoms with Crippen molar-refractivity contribution >= 4 is 30.5 Å². The molecule has 2 atom stereocenters. The Labute approximate surface area is 223 Å². The Morgan fingerprint density at radius 2 is 1.84 bits per heavy atom. The van der Waals surface area contributed by atoms with Gasteiger partial charge in [-0.15, -0.1) is 0 Å². The smallest absolute Gasteiger partial charge is 0.335 e. The van der Waals surface area contributed by atoms with Gasteiger partial charge in [-0.25, -0.2) is 9.78 Å². The molecule has 1 aromatic heterocycles. The fourth-order valence-electron chi connectivity index (χ4n) is 5.17. The minimum atomic E-state index is -0.924. The molecule has 6 rings (SSSR count). The number of imidazole rings is 1. The van der Waals surface area contributed by atoms with Crippen LogP contribution in [0.3, 0.4) is 0 Å². The number of nitrogens with zero attached hydrogens (tertiary/aromatic N) is 3.